The minimum absolute atomic E-state index is 0.0521. The number of anilines is 2. The summed E-state index contributed by atoms with van der Waals surface area (Å²) in [6.45, 7) is 11.0. The zero-order valence-corrected chi connectivity index (χ0v) is 50.4. The quantitative estimate of drug-likeness (QED) is 0.0155. The van der Waals surface area contributed by atoms with E-state index in [1.54, 1.807) is 17.0 Å². The van der Waals surface area contributed by atoms with Crippen LogP contribution in [0.5, 0.6) is 0 Å². The largest absolute Gasteiger partial charge is 0.501 e. The van der Waals surface area contributed by atoms with Gasteiger partial charge in [0.1, 0.15) is 11.0 Å². The van der Waals surface area contributed by atoms with Crippen LogP contribution in [0.25, 0.3) is 5.57 Å². The number of nitrogens with one attached hydrogen (secondary N) is 3. The van der Waals surface area contributed by atoms with Crippen molar-refractivity contribution in [2.45, 2.75) is 103 Å². The number of morpholine rings is 1. The number of alkyl halides is 3. The van der Waals surface area contributed by atoms with E-state index in [0.717, 1.165) is 97.5 Å². The number of ether oxygens (including phenoxy) is 2. The zero-order chi connectivity index (χ0) is 60.0. The van der Waals surface area contributed by atoms with Gasteiger partial charge in [-0.05, 0) is 152 Å². The van der Waals surface area contributed by atoms with Crippen molar-refractivity contribution in [1.29, 1.82) is 0 Å². The molecule has 0 spiro atoms. The van der Waals surface area contributed by atoms with Crippen LogP contribution >= 0.6 is 23.4 Å². The Morgan fingerprint density at radius 3 is 2.23 bits per heavy atom. The number of rotatable bonds is 32. The van der Waals surface area contributed by atoms with E-state index in [2.05, 4.69) is 47.2 Å². The first-order valence-corrected chi connectivity index (χ1v) is 32.8. The fraction of sp³-hybridized carbons (Fsp3) is 0.517. The molecule has 2 amide bonds. The lowest BCUT2D eigenvalue weighted by Crippen LogP contribution is -2.48. The molecule has 3 heterocycles. The Labute approximate surface area is 500 Å². The average Bonchev–Trinajstić information content (AvgIpc) is 3.28. The summed E-state index contributed by atoms with van der Waals surface area (Å²) >= 11 is 7.73. The van der Waals surface area contributed by atoms with E-state index >= 15 is 0 Å². The molecule has 2 saturated heterocycles. The van der Waals surface area contributed by atoms with E-state index in [9.17, 15) is 39.6 Å². The van der Waals surface area contributed by atoms with Gasteiger partial charge in [0.05, 0.1) is 30.4 Å². The highest BCUT2D eigenvalue weighted by molar-refractivity contribution is 7.99. The van der Waals surface area contributed by atoms with E-state index in [1.165, 1.54) is 23.9 Å². The number of amides is 2. The fourth-order valence-corrected chi connectivity index (χ4v) is 13.4. The number of unbranched alkanes of at least 4 members (excludes halogenated alkanes) is 4. The van der Waals surface area contributed by atoms with Gasteiger partial charge in [0.25, 0.3) is 25.8 Å². The van der Waals surface area contributed by atoms with Gasteiger partial charge >= 0.3 is 11.6 Å². The summed E-state index contributed by atoms with van der Waals surface area (Å²) in [6.07, 6.45) is 7.36. The Balaban J connectivity index is 0.968. The minimum Gasteiger partial charge on any atom is -0.446 e. The molecule has 0 aliphatic carbocycles. The molecule has 2 atom stereocenters. The van der Waals surface area contributed by atoms with Gasteiger partial charge in [0, 0.05) is 98.4 Å². The molecule has 4 N–H and O–H groups in total. The number of carbonyl (C=O) groups excluding carboxylic acids is 2. The van der Waals surface area contributed by atoms with Crippen LogP contribution in [-0.2, 0) is 44.3 Å². The molecule has 7 rings (SSSR count). The van der Waals surface area contributed by atoms with Gasteiger partial charge in [-0.1, -0.05) is 68.1 Å². The Hall–Kier alpha value is -5.03. The number of carbonyl (C=O) groups is 2. The lowest BCUT2D eigenvalue weighted by atomic mass is 9.93. The molecule has 84 heavy (non-hydrogen) atoms. The predicted octanol–water partition coefficient (Wildman–Crippen LogP) is 9.92. The number of nitrogens with zero attached hydrogens (tertiary/aromatic N) is 4. The van der Waals surface area contributed by atoms with Gasteiger partial charge in [0.2, 0.25) is 0 Å². The van der Waals surface area contributed by atoms with Crippen LogP contribution in [0.1, 0.15) is 87.1 Å². The van der Waals surface area contributed by atoms with Gasteiger partial charge in [0.15, 0.2) is 0 Å². The van der Waals surface area contributed by atoms with Crippen LogP contribution in [0.15, 0.2) is 117 Å². The molecule has 19 nitrogen and oxygen atoms in total. The topological polar surface area (TPSA) is 218 Å². The first-order valence-electron chi connectivity index (χ1n) is 28.5. The highest BCUT2D eigenvalue weighted by Gasteiger charge is 2.48. The van der Waals surface area contributed by atoms with E-state index in [0.29, 0.717) is 121 Å². The standard InChI is InChI=1S/C58H77ClF3N7O12S3/c1-2-27-63-28-24-50(11-7-4-3-5-10-37-78-81-80-72)79-57(71)69-30-26-53(44-14-18-47(59)19-15-44)46(42-69)41-67-31-33-68(34-32-67)49-20-16-45(17-21-49)56(70)65-84(75,76)52-22-23-54(55(40-52)83(73,74)58(60,61)62)64-48(25-29-66-35-38-77-39-36-66)43-82-51-12-8-6-9-13-51/h6,8-9,12-23,40,48,50,63-64,72H,2-5,7,10-11,24-39,41-43H2,1H3,(H,65,70)/t48-,50?/m1/s1. The monoisotopic (exact) mass is 1250 g/mol. The van der Waals surface area contributed by atoms with Crippen molar-refractivity contribution in [3.8, 4) is 0 Å². The number of sulfonamides is 1. The van der Waals surface area contributed by atoms with Crippen LogP contribution in [0.4, 0.5) is 29.3 Å². The summed E-state index contributed by atoms with van der Waals surface area (Å²) in [6, 6.07) is 25.2. The Kier molecular flexibility index (Phi) is 26.3. The molecule has 0 saturated carbocycles. The maximum Gasteiger partial charge on any atom is 0.501 e. The first kappa shape index (κ1) is 66.5. The number of hydrogen-bond donors (Lipinski definition) is 4. The molecule has 4 aromatic rings. The third kappa shape index (κ3) is 20.3. The maximum atomic E-state index is 14.3. The van der Waals surface area contributed by atoms with Crippen LogP contribution in [0.2, 0.25) is 5.02 Å². The van der Waals surface area contributed by atoms with Gasteiger partial charge in [-0.3, -0.25) is 14.6 Å². The van der Waals surface area contributed by atoms with Crippen molar-refractivity contribution in [1.82, 2.24) is 24.7 Å². The lowest BCUT2D eigenvalue weighted by molar-refractivity contribution is -0.623. The first-order chi connectivity index (χ1) is 40.4. The van der Waals surface area contributed by atoms with E-state index in [-0.39, 0.29) is 17.8 Å². The van der Waals surface area contributed by atoms with Gasteiger partial charge in [-0.2, -0.15) is 13.2 Å². The predicted molar refractivity (Wildman–Crippen MR) is 317 cm³/mol. The molecule has 0 aromatic heterocycles. The molecule has 462 valence electrons. The number of thioether (sulfide) groups is 1. The van der Waals surface area contributed by atoms with E-state index < -0.39 is 52.8 Å². The van der Waals surface area contributed by atoms with Crippen LogP contribution < -0.4 is 20.3 Å². The molecule has 3 aliphatic heterocycles. The molecule has 4 aromatic carbocycles. The summed E-state index contributed by atoms with van der Waals surface area (Å²) in [5.74, 6) is -0.721. The molecule has 0 radical (unpaired) electrons. The minimum atomic E-state index is -6.10. The Morgan fingerprint density at radius 1 is 0.810 bits per heavy atom. The zero-order valence-electron chi connectivity index (χ0n) is 47.2. The summed E-state index contributed by atoms with van der Waals surface area (Å²) in [4.78, 5) is 39.3. The molecule has 26 heteroatoms. The second-order valence-electron chi connectivity index (χ2n) is 20.9. The number of hydrogen-bond acceptors (Lipinski definition) is 18. The van der Waals surface area contributed by atoms with E-state index in [4.69, 9.17) is 26.3 Å². The summed E-state index contributed by atoms with van der Waals surface area (Å²) in [7, 11) is -11.0. The summed E-state index contributed by atoms with van der Waals surface area (Å²) < 4.78 is 110. The average molecular weight is 1250 g/mol. The highest BCUT2D eigenvalue weighted by atomic mass is 35.5. The van der Waals surface area contributed by atoms with Crippen molar-refractivity contribution < 1.29 is 69.3 Å². The smallest absolute Gasteiger partial charge is 0.446 e. The van der Waals surface area contributed by atoms with Crippen molar-refractivity contribution in [2.75, 3.05) is 114 Å². The van der Waals surface area contributed by atoms with Gasteiger partial charge in [-0.25, -0.2) is 36.5 Å². The van der Waals surface area contributed by atoms with Crippen molar-refractivity contribution >= 4 is 72.2 Å². The third-order valence-electron chi connectivity index (χ3n) is 14.9. The second kappa shape index (κ2) is 33.2. The Morgan fingerprint density at radius 2 is 1.52 bits per heavy atom. The van der Waals surface area contributed by atoms with Crippen molar-refractivity contribution in [3.63, 3.8) is 0 Å². The second-order valence-corrected chi connectivity index (χ2v) is 26.0. The Bertz CT molecular complexity index is 2960. The third-order valence-corrected chi connectivity index (χ3v) is 19.2. The van der Waals surface area contributed by atoms with E-state index in [1.807, 2.05) is 59.3 Å². The SMILES string of the molecule is CCCNCCC(CCCCCCCOOOO)OC(=O)N1CCC(c2ccc(Cl)cc2)=C(CN2CCN(c3ccc(C(=O)NS(=O)(=O)c4ccc(N[C@H](CCN5CCOCC5)CSc5ccccc5)c(S(=O)(=O)C(F)(F)F)c4)cc3)CC2)C1. The fourth-order valence-electron chi connectivity index (χ4n) is 10.2. The normalized spacial score (nSPS) is 16.6. The number of sulfone groups is 1. The molecule has 0 bridgehead atoms. The lowest BCUT2D eigenvalue weighted by Gasteiger charge is -2.38. The number of piperazine rings is 1. The number of benzene rings is 4. The molecule has 3 aliphatic rings. The summed E-state index contributed by atoms with van der Waals surface area (Å²) in [5.41, 5.74) is -2.18. The molecular weight excluding hydrogens is 1180 g/mol. The molecule has 2 fully saturated rings. The molecule has 1 unspecified atom stereocenters. The maximum absolute atomic E-state index is 14.3. The van der Waals surface area contributed by atoms with Crippen molar-refractivity contribution in [2.24, 2.45) is 0 Å². The summed E-state index contributed by atoms with van der Waals surface area (Å²) in [5, 5.41) is 22.7. The number of halogens is 4. The van der Waals surface area contributed by atoms with Crippen LogP contribution in [0.3, 0.4) is 0 Å². The van der Waals surface area contributed by atoms with Crippen molar-refractivity contribution in [3.05, 3.63) is 119 Å². The van der Waals surface area contributed by atoms with Gasteiger partial charge < -0.3 is 29.9 Å². The van der Waals surface area contributed by atoms with Crippen LogP contribution in [0, 0.1) is 0 Å². The van der Waals surface area contributed by atoms with Crippen LogP contribution in [-0.4, -0.2) is 171 Å². The highest BCUT2D eigenvalue weighted by Crippen LogP contribution is 2.37. The van der Waals surface area contributed by atoms with Gasteiger partial charge in [-0.15, -0.1) is 11.8 Å². The molecular formula is C58H77ClF3N7O12S3.